The van der Waals surface area contributed by atoms with Gasteiger partial charge in [0.25, 0.3) is 0 Å². The Morgan fingerprint density at radius 3 is 2.62 bits per heavy atom. The van der Waals surface area contributed by atoms with Crippen molar-refractivity contribution in [3.8, 4) is 0 Å². The third-order valence-electron chi connectivity index (χ3n) is 3.38. The minimum Gasteiger partial charge on any atom is -0.305 e. The van der Waals surface area contributed by atoms with Crippen molar-refractivity contribution in [2.24, 2.45) is 5.92 Å². The molecular weight excluding hydrogens is 324 g/mol. The number of hydrogen-bond donors (Lipinski definition) is 1. The predicted octanol–water partition coefficient (Wildman–Crippen LogP) is 4.74. The zero-order valence-corrected chi connectivity index (χ0v) is 14.5. The van der Waals surface area contributed by atoms with E-state index < -0.39 is 0 Å². The van der Waals surface area contributed by atoms with E-state index in [9.17, 15) is 0 Å². The average Bonchev–Trinajstić information content (AvgIpc) is 2.45. The zero-order valence-electron chi connectivity index (χ0n) is 12.9. The van der Waals surface area contributed by atoms with Crippen molar-refractivity contribution in [3.63, 3.8) is 0 Å². The van der Waals surface area contributed by atoms with Gasteiger partial charge in [0.05, 0.1) is 11.7 Å². The molecule has 1 N–H and O–H groups in total. The van der Waals surface area contributed by atoms with E-state index in [0.29, 0.717) is 5.92 Å². The van der Waals surface area contributed by atoms with Crippen LogP contribution in [0.3, 0.4) is 0 Å². The van der Waals surface area contributed by atoms with Crippen LogP contribution in [0.2, 0.25) is 0 Å². The number of nitrogens with one attached hydrogen (secondary N) is 1. The van der Waals surface area contributed by atoms with Gasteiger partial charge in [-0.15, -0.1) is 0 Å². The molecule has 0 fully saturated rings. The molecule has 0 aliphatic heterocycles. The van der Waals surface area contributed by atoms with Crippen LogP contribution in [0.1, 0.15) is 43.6 Å². The topological polar surface area (TPSA) is 24.9 Å². The fraction of sp³-hybridized carbons (Fsp3) is 0.389. The van der Waals surface area contributed by atoms with Crippen molar-refractivity contribution in [2.45, 2.75) is 33.2 Å². The number of halogens is 1. The molecule has 0 aliphatic rings. The zero-order chi connectivity index (χ0) is 15.2. The maximum atomic E-state index is 4.55. The summed E-state index contributed by atoms with van der Waals surface area (Å²) in [4.78, 5) is 4.55. The first kappa shape index (κ1) is 16.2. The van der Waals surface area contributed by atoms with E-state index >= 15 is 0 Å². The summed E-state index contributed by atoms with van der Waals surface area (Å²) in [6.45, 7) is 7.55. The monoisotopic (exact) mass is 346 g/mol. The molecule has 112 valence electrons. The first-order valence-corrected chi connectivity index (χ1v) is 8.33. The number of rotatable bonds is 6. The fourth-order valence-corrected chi connectivity index (χ4v) is 2.76. The van der Waals surface area contributed by atoms with Gasteiger partial charge < -0.3 is 5.32 Å². The number of hydrogen-bond acceptors (Lipinski definition) is 2. The van der Waals surface area contributed by atoms with Crippen molar-refractivity contribution in [3.05, 3.63) is 63.9 Å². The molecule has 0 bridgehead atoms. The highest BCUT2D eigenvalue weighted by molar-refractivity contribution is 9.10. The lowest BCUT2D eigenvalue weighted by atomic mass is 9.96. The first-order valence-electron chi connectivity index (χ1n) is 7.53. The quantitative estimate of drug-likeness (QED) is 0.816. The second kappa shape index (κ2) is 7.71. The van der Waals surface area contributed by atoms with Gasteiger partial charge in [0.1, 0.15) is 0 Å². The lowest BCUT2D eigenvalue weighted by molar-refractivity contribution is 0.611. The highest BCUT2D eigenvalue weighted by Crippen LogP contribution is 2.23. The molecule has 2 nitrogen and oxygen atoms in total. The third kappa shape index (κ3) is 4.65. The molecule has 3 heteroatoms. The Bertz CT molecular complexity index is 564. The molecule has 1 aromatic carbocycles. The van der Waals surface area contributed by atoms with Crippen molar-refractivity contribution in [1.29, 1.82) is 0 Å². The normalized spacial score (nSPS) is 12.6. The molecule has 0 saturated carbocycles. The molecule has 0 radical (unpaired) electrons. The van der Waals surface area contributed by atoms with Gasteiger partial charge in [-0.3, -0.25) is 4.98 Å². The summed E-state index contributed by atoms with van der Waals surface area (Å²) in [5.41, 5.74) is 3.73. The van der Waals surface area contributed by atoms with Crippen LogP contribution in [-0.4, -0.2) is 11.5 Å². The Morgan fingerprint density at radius 1 is 1.19 bits per heavy atom. The van der Waals surface area contributed by atoms with Gasteiger partial charge in [0, 0.05) is 10.7 Å². The van der Waals surface area contributed by atoms with Gasteiger partial charge in [0.15, 0.2) is 0 Å². The second-order valence-electron chi connectivity index (χ2n) is 5.73. The molecule has 1 unspecified atom stereocenters. The lowest BCUT2D eigenvalue weighted by Crippen LogP contribution is -2.23. The number of aromatic nitrogens is 1. The van der Waals surface area contributed by atoms with E-state index in [-0.39, 0.29) is 6.04 Å². The van der Waals surface area contributed by atoms with Gasteiger partial charge in [-0.05, 0) is 58.1 Å². The Balaban J connectivity index is 2.31. The molecule has 1 heterocycles. The Hall–Kier alpha value is -1.19. The molecule has 2 aromatic rings. The van der Waals surface area contributed by atoms with E-state index in [4.69, 9.17) is 0 Å². The summed E-state index contributed by atoms with van der Waals surface area (Å²) >= 11 is 3.45. The Morgan fingerprint density at radius 2 is 2.00 bits per heavy atom. The highest BCUT2D eigenvalue weighted by Gasteiger charge is 2.14. The van der Waals surface area contributed by atoms with Gasteiger partial charge in [0.2, 0.25) is 0 Å². The smallest absolute Gasteiger partial charge is 0.0751 e. The number of pyridine rings is 1. The van der Waals surface area contributed by atoms with Crippen LogP contribution in [-0.2, 0) is 6.42 Å². The Labute approximate surface area is 136 Å². The molecule has 0 spiro atoms. The van der Waals surface area contributed by atoms with Crippen LogP contribution in [0.25, 0.3) is 0 Å². The van der Waals surface area contributed by atoms with E-state index in [0.717, 1.165) is 23.1 Å². The van der Waals surface area contributed by atoms with Gasteiger partial charge in [-0.25, -0.2) is 0 Å². The molecule has 2 rings (SSSR count). The molecule has 21 heavy (non-hydrogen) atoms. The van der Waals surface area contributed by atoms with E-state index in [1.165, 1.54) is 11.1 Å². The molecule has 0 aliphatic carbocycles. The number of nitrogens with zero attached hydrogens (tertiary/aromatic N) is 1. The standard InChI is InChI=1S/C18H23BrN2/c1-4-20-18(17-9-8-16(19)12-21-17)15-7-5-6-14(11-15)10-13(2)3/h5-9,11-13,18,20H,4,10H2,1-3H3. The van der Waals surface area contributed by atoms with Crippen molar-refractivity contribution >= 4 is 15.9 Å². The predicted molar refractivity (Wildman–Crippen MR) is 92.4 cm³/mol. The summed E-state index contributed by atoms with van der Waals surface area (Å²) < 4.78 is 1.01. The van der Waals surface area contributed by atoms with Gasteiger partial charge in [-0.2, -0.15) is 0 Å². The van der Waals surface area contributed by atoms with Gasteiger partial charge in [-0.1, -0.05) is 45.0 Å². The maximum absolute atomic E-state index is 4.55. The minimum absolute atomic E-state index is 0.148. The van der Waals surface area contributed by atoms with Crippen LogP contribution < -0.4 is 5.32 Å². The van der Waals surface area contributed by atoms with Crippen molar-refractivity contribution < 1.29 is 0 Å². The minimum atomic E-state index is 0.148. The largest absolute Gasteiger partial charge is 0.305 e. The van der Waals surface area contributed by atoms with Crippen LogP contribution in [0.15, 0.2) is 47.1 Å². The molecule has 0 saturated heterocycles. The molecule has 1 atom stereocenters. The Kier molecular flexibility index (Phi) is 5.95. The van der Waals surface area contributed by atoms with Crippen LogP contribution in [0, 0.1) is 5.92 Å². The lowest BCUT2D eigenvalue weighted by Gasteiger charge is -2.19. The third-order valence-corrected chi connectivity index (χ3v) is 3.85. The van der Waals surface area contributed by atoms with Gasteiger partial charge >= 0.3 is 0 Å². The SMILES string of the molecule is CCNC(c1cccc(CC(C)C)c1)c1ccc(Br)cn1. The summed E-state index contributed by atoms with van der Waals surface area (Å²) in [5, 5.41) is 3.54. The van der Waals surface area contributed by atoms with E-state index in [1.54, 1.807) is 0 Å². The van der Waals surface area contributed by atoms with E-state index in [1.807, 2.05) is 12.3 Å². The summed E-state index contributed by atoms with van der Waals surface area (Å²) in [5.74, 6) is 0.670. The summed E-state index contributed by atoms with van der Waals surface area (Å²) in [6, 6.07) is 13.1. The second-order valence-corrected chi connectivity index (χ2v) is 6.65. The summed E-state index contributed by atoms with van der Waals surface area (Å²) in [6.07, 6.45) is 2.97. The van der Waals surface area contributed by atoms with Crippen molar-refractivity contribution in [1.82, 2.24) is 10.3 Å². The molecule has 1 aromatic heterocycles. The summed E-state index contributed by atoms with van der Waals surface area (Å²) in [7, 11) is 0. The highest BCUT2D eigenvalue weighted by atomic mass is 79.9. The molecule has 0 amide bonds. The van der Waals surface area contributed by atoms with Crippen LogP contribution in [0.4, 0.5) is 0 Å². The maximum Gasteiger partial charge on any atom is 0.0751 e. The molecular formula is C18H23BrN2. The average molecular weight is 347 g/mol. The first-order chi connectivity index (χ1) is 10.1. The fourth-order valence-electron chi connectivity index (χ4n) is 2.53. The van der Waals surface area contributed by atoms with E-state index in [2.05, 4.69) is 77.3 Å². The number of benzene rings is 1. The van der Waals surface area contributed by atoms with Crippen LogP contribution >= 0.6 is 15.9 Å². The van der Waals surface area contributed by atoms with Crippen molar-refractivity contribution in [2.75, 3.05) is 6.54 Å². The van der Waals surface area contributed by atoms with Crippen LogP contribution in [0.5, 0.6) is 0 Å².